The smallest absolute Gasteiger partial charge is 0.265 e. The summed E-state index contributed by atoms with van der Waals surface area (Å²) in [6.45, 7) is 0. The van der Waals surface area contributed by atoms with Gasteiger partial charge in [-0.25, -0.2) is 20.0 Å². The third-order valence-corrected chi connectivity index (χ3v) is 1.50. The van der Waals surface area contributed by atoms with Crippen LogP contribution >= 0.6 is 0 Å². The Hall–Kier alpha value is -1.14. The lowest BCUT2D eigenvalue weighted by Crippen LogP contribution is -2.52. The molecule has 0 aliphatic heterocycles. The molecule has 0 rings (SSSR count). The second kappa shape index (κ2) is 5.27. The van der Waals surface area contributed by atoms with Crippen LogP contribution in [0.5, 0.6) is 0 Å². The molecule has 0 heterocycles. The number of rotatable bonds is 5. The average molecular weight is 232 g/mol. The largest absolute Gasteiger partial charge is 0.270 e. The average Bonchev–Trinajstić information content (AvgIpc) is 1.94. The van der Waals surface area contributed by atoms with Crippen molar-refractivity contribution in [3.8, 4) is 0 Å². The number of hydrogen-bond donors (Lipinski definition) is 2. The molecule has 0 aliphatic carbocycles. The molecule has 0 saturated heterocycles. The number of carbonyl (C=O) groups excluding carboxylic acids is 2. The van der Waals surface area contributed by atoms with Gasteiger partial charge in [-0.1, -0.05) is 0 Å². The van der Waals surface area contributed by atoms with Crippen molar-refractivity contribution in [1.29, 1.82) is 0 Å². The molecule has 0 aromatic rings. The highest BCUT2D eigenvalue weighted by Crippen LogP contribution is 1.93. The van der Waals surface area contributed by atoms with E-state index in [2.05, 4.69) is 10.9 Å². The summed E-state index contributed by atoms with van der Waals surface area (Å²) in [6.07, 6.45) is 0.419. The van der Waals surface area contributed by atoms with Crippen molar-refractivity contribution in [3.05, 3.63) is 0 Å². The van der Waals surface area contributed by atoms with Gasteiger partial charge in [0.15, 0.2) is 0 Å². The molecule has 0 spiro atoms. The molecule has 2 N–H and O–H groups in total. The van der Waals surface area contributed by atoms with Gasteiger partial charge in [0.25, 0.3) is 11.8 Å². The molecule has 0 radical (unpaired) electrons. The maximum absolute atomic E-state index is 11.4. The van der Waals surface area contributed by atoms with E-state index in [1.807, 2.05) is 42.3 Å². The molecule has 0 aromatic heterocycles. The van der Waals surface area contributed by atoms with E-state index in [-0.39, 0.29) is 24.7 Å². The van der Waals surface area contributed by atoms with Crippen LogP contribution in [0.15, 0.2) is 0 Å². The number of hydrogen-bond acceptors (Lipinski definition) is 2. The molecule has 0 aliphatic rings. The van der Waals surface area contributed by atoms with Crippen molar-refractivity contribution in [3.63, 3.8) is 0 Å². The Morgan fingerprint density at radius 1 is 0.750 bits per heavy atom. The fraction of sp³-hybridized carbons (Fsp3) is 0.800. The lowest BCUT2D eigenvalue weighted by Gasteiger charge is -2.24. The Kier molecular flexibility index (Phi) is 4.89. The highest BCUT2D eigenvalue weighted by Gasteiger charge is 2.16. The van der Waals surface area contributed by atoms with E-state index in [9.17, 15) is 9.59 Å². The summed E-state index contributed by atoms with van der Waals surface area (Å²) >= 11 is 0. The third-order valence-electron chi connectivity index (χ3n) is 1.50. The highest BCUT2D eigenvalue weighted by atomic mass is 16.2. The first kappa shape index (κ1) is 14.9. The van der Waals surface area contributed by atoms with Crippen LogP contribution in [0.3, 0.4) is 0 Å². The molecule has 0 bridgehead atoms. The fourth-order valence-electron chi connectivity index (χ4n) is 1.09. The quantitative estimate of drug-likeness (QED) is 0.483. The van der Waals surface area contributed by atoms with E-state index in [0.717, 1.165) is 0 Å². The van der Waals surface area contributed by atoms with Gasteiger partial charge in [-0.2, -0.15) is 0 Å². The van der Waals surface area contributed by atoms with E-state index in [4.69, 9.17) is 0 Å². The van der Waals surface area contributed by atoms with E-state index in [1.165, 1.54) is 0 Å². The van der Waals surface area contributed by atoms with E-state index in [0.29, 0.717) is 9.18 Å². The highest BCUT2D eigenvalue weighted by molar-refractivity contribution is 5.82. The number of nitrogens with zero attached hydrogens (tertiary/aromatic N) is 2. The van der Waals surface area contributed by atoms with Gasteiger partial charge in [0, 0.05) is 12.8 Å². The predicted molar refractivity (Wildman–Crippen MR) is 61.6 cm³/mol. The molecular weight excluding hydrogens is 208 g/mol. The Morgan fingerprint density at radius 3 is 1.19 bits per heavy atom. The standard InChI is InChI=1S/C10H22N4O2/c1-13(2,3)11-9(15)7-8-10(16)12-14(4,5)6/h7-8H2,1-6H3/p+2. The topological polar surface area (TPSA) is 58.2 Å². The molecule has 0 unspecified atom stereocenters. The summed E-state index contributed by atoms with van der Waals surface area (Å²) < 4.78 is 0.714. The van der Waals surface area contributed by atoms with Gasteiger partial charge in [-0.05, 0) is 0 Å². The van der Waals surface area contributed by atoms with Gasteiger partial charge in [-0.3, -0.25) is 9.59 Å². The van der Waals surface area contributed by atoms with Crippen LogP contribution in [0.25, 0.3) is 0 Å². The Labute approximate surface area is 97.3 Å². The first-order chi connectivity index (χ1) is 6.99. The molecule has 2 amide bonds. The van der Waals surface area contributed by atoms with E-state index >= 15 is 0 Å². The van der Waals surface area contributed by atoms with Gasteiger partial charge in [0.05, 0.1) is 42.3 Å². The zero-order chi connectivity index (χ0) is 13.0. The van der Waals surface area contributed by atoms with Crippen molar-refractivity contribution in [1.82, 2.24) is 10.9 Å². The first-order valence-corrected chi connectivity index (χ1v) is 5.25. The number of amides is 2. The van der Waals surface area contributed by atoms with Crippen molar-refractivity contribution in [2.75, 3.05) is 42.3 Å². The lowest BCUT2D eigenvalue weighted by molar-refractivity contribution is -0.906. The van der Waals surface area contributed by atoms with Crippen LogP contribution in [0.2, 0.25) is 0 Å². The van der Waals surface area contributed by atoms with Gasteiger partial charge in [0.1, 0.15) is 0 Å². The summed E-state index contributed by atoms with van der Waals surface area (Å²) in [6, 6.07) is 0. The molecule has 0 fully saturated rings. The second-order valence-corrected chi connectivity index (χ2v) is 5.59. The van der Waals surface area contributed by atoms with E-state index in [1.54, 1.807) is 0 Å². The van der Waals surface area contributed by atoms with Crippen LogP contribution in [0, 0.1) is 0 Å². The Morgan fingerprint density at radius 2 is 1.00 bits per heavy atom. The molecule has 6 heteroatoms. The number of nitrogens with one attached hydrogen (secondary N) is 2. The monoisotopic (exact) mass is 232 g/mol. The molecule has 0 atom stereocenters. The Bertz CT molecular complexity index is 235. The third kappa shape index (κ3) is 9.42. The molecule has 16 heavy (non-hydrogen) atoms. The van der Waals surface area contributed by atoms with Crippen molar-refractivity contribution in [2.45, 2.75) is 12.8 Å². The molecule has 0 aromatic carbocycles. The molecular formula is C10H24N4O2+2. The van der Waals surface area contributed by atoms with Crippen LogP contribution < -0.4 is 10.9 Å². The second-order valence-electron chi connectivity index (χ2n) is 5.59. The van der Waals surface area contributed by atoms with Crippen LogP contribution in [0.4, 0.5) is 0 Å². The fourth-order valence-corrected chi connectivity index (χ4v) is 1.09. The van der Waals surface area contributed by atoms with Crippen molar-refractivity contribution >= 4 is 11.8 Å². The summed E-state index contributed by atoms with van der Waals surface area (Å²) in [5.74, 6) is -0.242. The Balaban J connectivity index is 3.90. The maximum atomic E-state index is 11.4. The van der Waals surface area contributed by atoms with Crippen LogP contribution in [0.1, 0.15) is 12.8 Å². The minimum atomic E-state index is -0.121. The predicted octanol–water partition coefficient (Wildman–Crippen LogP) is -0.759. The first-order valence-electron chi connectivity index (χ1n) is 5.25. The van der Waals surface area contributed by atoms with Crippen molar-refractivity contribution in [2.24, 2.45) is 0 Å². The summed E-state index contributed by atoms with van der Waals surface area (Å²) in [5, 5.41) is 0. The van der Waals surface area contributed by atoms with Crippen LogP contribution in [-0.2, 0) is 9.59 Å². The minimum absolute atomic E-state index is 0.121. The summed E-state index contributed by atoms with van der Waals surface area (Å²) in [5.41, 5.74) is 5.50. The summed E-state index contributed by atoms with van der Waals surface area (Å²) in [7, 11) is 11.1. The maximum Gasteiger partial charge on any atom is 0.265 e. The lowest BCUT2D eigenvalue weighted by atomic mass is 10.3. The van der Waals surface area contributed by atoms with Crippen molar-refractivity contribution < 1.29 is 18.8 Å². The van der Waals surface area contributed by atoms with Gasteiger partial charge < -0.3 is 0 Å². The van der Waals surface area contributed by atoms with Gasteiger partial charge in [-0.15, -0.1) is 0 Å². The SMILES string of the molecule is C[N+](C)(C)NC(=O)CCC(=O)N[N+](C)(C)C. The zero-order valence-electron chi connectivity index (χ0n) is 11.1. The number of carbonyl (C=O) groups is 2. The van der Waals surface area contributed by atoms with Gasteiger partial charge in [0.2, 0.25) is 0 Å². The normalized spacial score (nSPS) is 12.1. The molecule has 6 nitrogen and oxygen atoms in total. The summed E-state index contributed by atoms with van der Waals surface area (Å²) in [4.78, 5) is 22.8. The van der Waals surface area contributed by atoms with E-state index < -0.39 is 0 Å². The molecule has 0 saturated carbocycles. The molecule has 94 valence electrons. The number of quaternary nitrogens is 2. The van der Waals surface area contributed by atoms with Gasteiger partial charge >= 0.3 is 0 Å². The van der Waals surface area contributed by atoms with Crippen LogP contribution in [-0.4, -0.2) is 63.3 Å². The minimum Gasteiger partial charge on any atom is -0.270 e. The zero-order valence-corrected chi connectivity index (χ0v) is 11.1.